The van der Waals surface area contributed by atoms with Gasteiger partial charge in [0.15, 0.2) is 0 Å². The van der Waals surface area contributed by atoms with E-state index in [4.69, 9.17) is 16.3 Å². The summed E-state index contributed by atoms with van der Waals surface area (Å²) >= 11 is 5.91. The smallest absolute Gasteiger partial charge is 0.144 e. The topological polar surface area (TPSA) is 9.23 Å². The minimum absolute atomic E-state index is 0.646. The molecular formula is C10H11ClO. The van der Waals surface area contributed by atoms with Gasteiger partial charge in [-0.3, -0.25) is 0 Å². The highest BCUT2D eigenvalue weighted by molar-refractivity contribution is 6.32. The van der Waals surface area contributed by atoms with Gasteiger partial charge in [-0.05, 0) is 13.0 Å². The van der Waals surface area contributed by atoms with E-state index >= 15 is 0 Å². The van der Waals surface area contributed by atoms with Crippen LogP contribution in [0, 0.1) is 0 Å². The van der Waals surface area contributed by atoms with Gasteiger partial charge in [-0.1, -0.05) is 35.9 Å². The monoisotopic (exact) mass is 182 g/mol. The lowest BCUT2D eigenvalue weighted by atomic mass is 10.2. The van der Waals surface area contributed by atoms with E-state index in [1.165, 1.54) is 0 Å². The largest absolute Gasteiger partial charge is 0.495 e. The summed E-state index contributed by atoms with van der Waals surface area (Å²) in [5.41, 5.74) is 1.01. The van der Waals surface area contributed by atoms with Crippen molar-refractivity contribution in [3.05, 3.63) is 34.9 Å². The van der Waals surface area contributed by atoms with E-state index in [0.717, 1.165) is 11.3 Å². The van der Waals surface area contributed by atoms with Crippen molar-refractivity contribution in [2.24, 2.45) is 0 Å². The Kier molecular flexibility index (Phi) is 3.18. The van der Waals surface area contributed by atoms with Gasteiger partial charge < -0.3 is 4.74 Å². The quantitative estimate of drug-likeness (QED) is 0.682. The third kappa shape index (κ3) is 1.80. The molecule has 0 saturated heterocycles. The Morgan fingerprint density at radius 1 is 1.42 bits per heavy atom. The molecule has 0 spiro atoms. The second-order valence-electron chi connectivity index (χ2n) is 2.36. The minimum Gasteiger partial charge on any atom is -0.495 e. The average Bonchev–Trinajstić information content (AvgIpc) is 2.05. The fourth-order valence-electron chi connectivity index (χ4n) is 1.05. The molecule has 1 nitrogen and oxygen atoms in total. The fourth-order valence-corrected chi connectivity index (χ4v) is 1.31. The number of hydrogen-bond acceptors (Lipinski definition) is 1. The zero-order chi connectivity index (χ0) is 8.97. The van der Waals surface area contributed by atoms with Crippen LogP contribution in [-0.4, -0.2) is 7.11 Å². The zero-order valence-corrected chi connectivity index (χ0v) is 7.93. The van der Waals surface area contributed by atoms with Crippen molar-refractivity contribution < 1.29 is 4.74 Å². The summed E-state index contributed by atoms with van der Waals surface area (Å²) in [6.07, 6.45) is 3.92. The van der Waals surface area contributed by atoms with E-state index < -0.39 is 0 Å². The molecule has 0 aliphatic heterocycles. The van der Waals surface area contributed by atoms with Gasteiger partial charge in [0.2, 0.25) is 0 Å². The van der Waals surface area contributed by atoms with Crippen LogP contribution in [0.3, 0.4) is 0 Å². The molecule has 0 aliphatic carbocycles. The van der Waals surface area contributed by atoms with Crippen LogP contribution in [0.5, 0.6) is 5.75 Å². The molecule has 0 atom stereocenters. The lowest BCUT2D eigenvalue weighted by Crippen LogP contribution is -1.87. The highest BCUT2D eigenvalue weighted by Crippen LogP contribution is 2.28. The highest BCUT2D eigenvalue weighted by Gasteiger charge is 2.02. The van der Waals surface area contributed by atoms with Gasteiger partial charge in [0.1, 0.15) is 5.75 Å². The van der Waals surface area contributed by atoms with Gasteiger partial charge in [-0.15, -0.1) is 0 Å². The molecule has 0 N–H and O–H groups in total. The molecule has 1 aromatic rings. The summed E-state index contributed by atoms with van der Waals surface area (Å²) in [4.78, 5) is 0. The summed E-state index contributed by atoms with van der Waals surface area (Å²) < 4.78 is 5.15. The molecule has 0 aliphatic rings. The van der Waals surface area contributed by atoms with E-state index in [0.29, 0.717) is 5.02 Å². The van der Waals surface area contributed by atoms with Crippen LogP contribution in [0.1, 0.15) is 12.5 Å². The molecule has 0 saturated carbocycles. The Bertz CT molecular complexity index is 292. The molecule has 0 radical (unpaired) electrons. The summed E-state index contributed by atoms with van der Waals surface area (Å²) in [7, 11) is 1.62. The maximum Gasteiger partial charge on any atom is 0.144 e. The first-order valence-electron chi connectivity index (χ1n) is 3.74. The van der Waals surface area contributed by atoms with E-state index in [-0.39, 0.29) is 0 Å². The highest BCUT2D eigenvalue weighted by atomic mass is 35.5. The summed E-state index contributed by atoms with van der Waals surface area (Å²) in [6.45, 7) is 1.96. The molecule has 2 heteroatoms. The zero-order valence-electron chi connectivity index (χ0n) is 7.17. The molecule has 0 fully saturated rings. The number of rotatable bonds is 2. The lowest BCUT2D eigenvalue weighted by Gasteiger charge is -2.05. The first kappa shape index (κ1) is 9.14. The number of hydrogen-bond donors (Lipinski definition) is 0. The van der Waals surface area contributed by atoms with Crippen molar-refractivity contribution in [1.29, 1.82) is 0 Å². The van der Waals surface area contributed by atoms with Crippen LogP contribution in [-0.2, 0) is 0 Å². The number of ether oxygens (including phenoxy) is 1. The van der Waals surface area contributed by atoms with E-state index in [9.17, 15) is 0 Å². The number of allylic oxidation sites excluding steroid dienone is 1. The number of methoxy groups -OCH3 is 1. The van der Waals surface area contributed by atoms with Crippen LogP contribution in [0.4, 0.5) is 0 Å². The third-order valence-corrected chi connectivity index (χ3v) is 1.85. The maximum absolute atomic E-state index is 5.91. The SMILES string of the molecule is CC=Cc1cccc(Cl)c1OC. The van der Waals surface area contributed by atoms with Crippen LogP contribution in [0.2, 0.25) is 5.02 Å². The maximum atomic E-state index is 5.91. The van der Waals surface area contributed by atoms with Gasteiger partial charge in [0, 0.05) is 5.56 Å². The standard InChI is InChI=1S/C10H11ClO/c1-3-5-8-6-4-7-9(11)10(8)12-2/h3-7H,1-2H3. The Morgan fingerprint density at radius 3 is 2.75 bits per heavy atom. The number of para-hydroxylation sites is 1. The number of halogens is 1. The first-order valence-corrected chi connectivity index (χ1v) is 4.12. The molecular weight excluding hydrogens is 172 g/mol. The predicted molar refractivity (Wildman–Crippen MR) is 52.7 cm³/mol. The van der Waals surface area contributed by atoms with Gasteiger partial charge >= 0.3 is 0 Å². The van der Waals surface area contributed by atoms with E-state index in [1.54, 1.807) is 7.11 Å². The lowest BCUT2D eigenvalue weighted by molar-refractivity contribution is 0.414. The molecule has 0 aromatic heterocycles. The van der Waals surface area contributed by atoms with Gasteiger partial charge in [0.25, 0.3) is 0 Å². The van der Waals surface area contributed by atoms with Crippen molar-refractivity contribution in [2.45, 2.75) is 6.92 Å². The van der Waals surface area contributed by atoms with Gasteiger partial charge in [-0.25, -0.2) is 0 Å². The van der Waals surface area contributed by atoms with Crippen LogP contribution in [0.25, 0.3) is 6.08 Å². The van der Waals surface area contributed by atoms with Crippen LogP contribution < -0.4 is 4.74 Å². The van der Waals surface area contributed by atoms with Crippen LogP contribution >= 0.6 is 11.6 Å². The third-order valence-electron chi connectivity index (χ3n) is 1.55. The normalized spacial score (nSPS) is 10.6. The molecule has 1 rings (SSSR count). The van der Waals surface area contributed by atoms with Crippen molar-refractivity contribution in [1.82, 2.24) is 0 Å². The summed E-state index contributed by atoms with van der Waals surface area (Å²) in [5, 5.41) is 0.646. The number of benzene rings is 1. The summed E-state index contributed by atoms with van der Waals surface area (Å²) in [5.74, 6) is 0.734. The Balaban J connectivity index is 3.18. The predicted octanol–water partition coefficient (Wildman–Crippen LogP) is 3.38. The molecule has 0 heterocycles. The second-order valence-corrected chi connectivity index (χ2v) is 2.77. The molecule has 0 bridgehead atoms. The molecule has 0 unspecified atom stereocenters. The second kappa shape index (κ2) is 4.17. The van der Waals surface area contributed by atoms with Gasteiger partial charge in [-0.2, -0.15) is 0 Å². The van der Waals surface area contributed by atoms with E-state index in [1.807, 2.05) is 37.3 Å². The van der Waals surface area contributed by atoms with Gasteiger partial charge in [0.05, 0.1) is 12.1 Å². The Labute approximate surface area is 77.6 Å². The van der Waals surface area contributed by atoms with Crippen molar-refractivity contribution in [3.63, 3.8) is 0 Å². The van der Waals surface area contributed by atoms with E-state index in [2.05, 4.69) is 0 Å². The van der Waals surface area contributed by atoms with Crippen molar-refractivity contribution >= 4 is 17.7 Å². The fraction of sp³-hybridized carbons (Fsp3) is 0.200. The molecule has 1 aromatic carbocycles. The first-order chi connectivity index (χ1) is 5.79. The molecule has 0 amide bonds. The summed E-state index contributed by atoms with van der Waals surface area (Å²) in [6, 6.07) is 5.68. The molecule has 12 heavy (non-hydrogen) atoms. The Morgan fingerprint density at radius 2 is 2.17 bits per heavy atom. The van der Waals surface area contributed by atoms with Crippen molar-refractivity contribution in [3.8, 4) is 5.75 Å². The van der Waals surface area contributed by atoms with Crippen molar-refractivity contribution in [2.75, 3.05) is 7.11 Å². The average molecular weight is 183 g/mol. The molecule has 64 valence electrons. The van der Waals surface area contributed by atoms with Crippen LogP contribution in [0.15, 0.2) is 24.3 Å². The minimum atomic E-state index is 0.646. The Hall–Kier alpha value is -0.950.